The third-order valence-electron chi connectivity index (χ3n) is 5.24. The largest absolute Gasteiger partial charge is 0.103 e. The summed E-state index contributed by atoms with van der Waals surface area (Å²) in [4.78, 5) is 0. The molecule has 25 heavy (non-hydrogen) atoms. The van der Waals surface area contributed by atoms with Gasteiger partial charge in [-0.25, -0.2) is 0 Å². The van der Waals surface area contributed by atoms with Crippen LogP contribution in [0.3, 0.4) is 0 Å². The fourth-order valence-electron chi connectivity index (χ4n) is 3.12. The van der Waals surface area contributed by atoms with Crippen LogP contribution < -0.4 is 0 Å². The van der Waals surface area contributed by atoms with E-state index in [4.69, 9.17) is 0 Å². The van der Waals surface area contributed by atoms with Gasteiger partial charge in [-0.1, -0.05) is 90.2 Å². The molecule has 0 radical (unpaired) electrons. The van der Waals surface area contributed by atoms with Crippen LogP contribution in [0.4, 0.5) is 0 Å². The number of hydrogen-bond acceptors (Lipinski definition) is 0. The lowest BCUT2D eigenvalue weighted by molar-refractivity contribution is 0.487. The van der Waals surface area contributed by atoms with Crippen LogP contribution in [0.2, 0.25) is 0 Å². The summed E-state index contributed by atoms with van der Waals surface area (Å²) < 4.78 is 0. The Hall–Kier alpha value is -0.780. The molecule has 0 bridgehead atoms. The molecule has 0 aromatic rings. The van der Waals surface area contributed by atoms with Crippen LogP contribution in [0.25, 0.3) is 0 Å². The van der Waals surface area contributed by atoms with E-state index in [1.807, 2.05) is 0 Å². The number of rotatable bonds is 14. The molecule has 0 saturated carbocycles. The molecular formula is C25H46. The summed E-state index contributed by atoms with van der Waals surface area (Å²) in [7, 11) is 0. The zero-order valence-electron chi connectivity index (χ0n) is 18.4. The van der Waals surface area contributed by atoms with Gasteiger partial charge in [0.05, 0.1) is 0 Å². The van der Waals surface area contributed by atoms with Gasteiger partial charge in [-0.2, -0.15) is 0 Å². The van der Waals surface area contributed by atoms with E-state index in [1.165, 1.54) is 38.5 Å². The average molecular weight is 347 g/mol. The van der Waals surface area contributed by atoms with Gasteiger partial charge in [0.1, 0.15) is 0 Å². The molecule has 0 aromatic carbocycles. The van der Waals surface area contributed by atoms with Crippen LogP contribution in [0.1, 0.15) is 99.8 Å². The van der Waals surface area contributed by atoms with E-state index >= 15 is 0 Å². The van der Waals surface area contributed by atoms with Crippen molar-refractivity contribution in [1.29, 1.82) is 0 Å². The van der Waals surface area contributed by atoms with Crippen molar-refractivity contribution in [3.05, 3.63) is 36.0 Å². The zero-order chi connectivity index (χ0) is 19.2. The Morgan fingerprint density at radius 3 is 2.00 bits per heavy atom. The van der Waals surface area contributed by atoms with Gasteiger partial charge in [0.15, 0.2) is 0 Å². The first-order valence-electron chi connectivity index (χ1n) is 10.7. The summed E-state index contributed by atoms with van der Waals surface area (Å²) >= 11 is 0. The van der Waals surface area contributed by atoms with Crippen LogP contribution in [0.5, 0.6) is 0 Å². The molecule has 2 atom stereocenters. The SMILES string of the molecule is C=CC(C)C/C=C(/C/C=C(/C)CCCC(C)C)C(C)CCCC(C)C. The smallest absolute Gasteiger partial charge is 0.0134 e. The monoisotopic (exact) mass is 346 g/mol. The van der Waals surface area contributed by atoms with E-state index in [1.54, 1.807) is 11.1 Å². The molecule has 0 rings (SSSR count). The highest BCUT2D eigenvalue weighted by atomic mass is 14.1. The highest BCUT2D eigenvalue weighted by molar-refractivity contribution is 5.14. The number of allylic oxidation sites excluding steroid dienone is 5. The summed E-state index contributed by atoms with van der Waals surface area (Å²) in [5.41, 5.74) is 3.21. The minimum Gasteiger partial charge on any atom is -0.103 e. The minimum atomic E-state index is 0.578. The maximum atomic E-state index is 3.93. The van der Waals surface area contributed by atoms with Crippen LogP contribution >= 0.6 is 0 Å². The van der Waals surface area contributed by atoms with Crippen molar-refractivity contribution < 1.29 is 0 Å². The fourth-order valence-corrected chi connectivity index (χ4v) is 3.12. The maximum absolute atomic E-state index is 3.93. The van der Waals surface area contributed by atoms with Crippen molar-refractivity contribution >= 4 is 0 Å². The first-order valence-corrected chi connectivity index (χ1v) is 10.7. The zero-order valence-corrected chi connectivity index (χ0v) is 18.4. The number of hydrogen-bond donors (Lipinski definition) is 0. The molecule has 0 amide bonds. The lowest BCUT2D eigenvalue weighted by Gasteiger charge is -2.17. The van der Waals surface area contributed by atoms with Crippen molar-refractivity contribution in [2.45, 2.75) is 99.8 Å². The van der Waals surface area contributed by atoms with Gasteiger partial charge in [0, 0.05) is 0 Å². The second-order valence-corrected chi connectivity index (χ2v) is 8.99. The maximum Gasteiger partial charge on any atom is -0.0134 e. The molecule has 146 valence electrons. The topological polar surface area (TPSA) is 0 Å². The molecule has 0 nitrogen and oxygen atoms in total. The summed E-state index contributed by atoms with van der Waals surface area (Å²) in [6.07, 6.45) is 17.3. The van der Waals surface area contributed by atoms with Crippen molar-refractivity contribution in [1.82, 2.24) is 0 Å². The highest BCUT2D eigenvalue weighted by Crippen LogP contribution is 2.25. The third-order valence-corrected chi connectivity index (χ3v) is 5.24. The van der Waals surface area contributed by atoms with Crippen LogP contribution in [-0.4, -0.2) is 0 Å². The molecule has 0 heteroatoms. The average Bonchev–Trinajstić information content (AvgIpc) is 2.53. The molecule has 0 aliphatic rings. The first-order chi connectivity index (χ1) is 11.8. The highest BCUT2D eigenvalue weighted by Gasteiger charge is 2.09. The molecule has 0 spiro atoms. The quantitative estimate of drug-likeness (QED) is 0.276. The fraction of sp³-hybridized carbons (Fsp3) is 0.760. The van der Waals surface area contributed by atoms with Crippen molar-refractivity contribution in [2.75, 3.05) is 0 Å². The van der Waals surface area contributed by atoms with Crippen LogP contribution in [0.15, 0.2) is 36.0 Å². The van der Waals surface area contributed by atoms with Gasteiger partial charge in [0.25, 0.3) is 0 Å². The molecular weight excluding hydrogens is 300 g/mol. The standard InChI is InChI=1S/C25H46/c1-9-22(6)16-18-25(24(8)15-11-13-21(4)5)19-17-23(7)14-10-12-20(2)3/h9,17-18,20-22,24H,1,10-16,19H2,2-8H3/b23-17-,25-18-. The molecule has 0 N–H and O–H groups in total. The molecule has 0 aromatic heterocycles. The Balaban J connectivity index is 4.68. The van der Waals surface area contributed by atoms with Gasteiger partial charge in [-0.15, -0.1) is 6.58 Å². The predicted molar refractivity (Wildman–Crippen MR) is 117 cm³/mol. The van der Waals surface area contributed by atoms with E-state index in [0.29, 0.717) is 11.8 Å². The van der Waals surface area contributed by atoms with Crippen molar-refractivity contribution in [2.24, 2.45) is 23.7 Å². The Labute approximate surface area is 159 Å². The second-order valence-electron chi connectivity index (χ2n) is 8.99. The molecule has 0 heterocycles. The molecule has 0 aliphatic heterocycles. The molecule has 0 aliphatic carbocycles. The normalized spacial score (nSPS) is 15.7. The minimum absolute atomic E-state index is 0.578. The molecule has 2 unspecified atom stereocenters. The van der Waals surface area contributed by atoms with Crippen molar-refractivity contribution in [3.8, 4) is 0 Å². The third kappa shape index (κ3) is 14.1. The molecule has 0 saturated heterocycles. The first kappa shape index (κ1) is 24.2. The van der Waals surface area contributed by atoms with Crippen LogP contribution in [0, 0.1) is 23.7 Å². The van der Waals surface area contributed by atoms with Crippen molar-refractivity contribution in [3.63, 3.8) is 0 Å². The van der Waals surface area contributed by atoms with Gasteiger partial charge in [-0.3, -0.25) is 0 Å². The van der Waals surface area contributed by atoms with Gasteiger partial charge in [-0.05, 0) is 62.7 Å². The van der Waals surface area contributed by atoms with Gasteiger partial charge >= 0.3 is 0 Å². The van der Waals surface area contributed by atoms with E-state index in [9.17, 15) is 0 Å². The van der Waals surface area contributed by atoms with Gasteiger partial charge < -0.3 is 0 Å². The molecule has 0 fully saturated rings. The van der Waals surface area contributed by atoms with E-state index in [2.05, 4.69) is 73.3 Å². The van der Waals surface area contributed by atoms with E-state index < -0.39 is 0 Å². The summed E-state index contributed by atoms with van der Waals surface area (Å²) in [5, 5.41) is 0. The lowest BCUT2D eigenvalue weighted by atomic mass is 9.89. The van der Waals surface area contributed by atoms with Gasteiger partial charge in [0.2, 0.25) is 0 Å². The summed E-state index contributed by atoms with van der Waals surface area (Å²) in [5.74, 6) is 2.93. The summed E-state index contributed by atoms with van der Waals surface area (Å²) in [6, 6.07) is 0. The van der Waals surface area contributed by atoms with E-state index in [0.717, 1.165) is 24.7 Å². The van der Waals surface area contributed by atoms with Crippen LogP contribution in [-0.2, 0) is 0 Å². The lowest BCUT2D eigenvalue weighted by Crippen LogP contribution is -2.02. The summed E-state index contributed by atoms with van der Waals surface area (Å²) in [6.45, 7) is 20.2. The van der Waals surface area contributed by atoms with E-state index in [-0.39, 0.29) is 0 Å². The Bertz CT molecular complexity index is 394. The Morgan fingerprint density at radius 2 is 1.44 bits per heavy atom. The Morgan fingerprint density at radius 1 is 0.840 bits per heavy atom. The second kappa shape index (κ2) is 14.4. The Kier molecular flexibility index (Phi) is 13.9. The predicted octanol–water partition coefficient (Wildman–Crippen LogP) is 8.75.